The van der Waals surface area contributed by atoms with Crippen molar-refractivity contribution in [2.24, 2.45) is 0 Å². The van der Waals surface area contributed by atoms with Crippen molar-refractivity contribution in [3.8, 4) is 0 Å². The van der Waals surface area contributed by atoms with Crippen molar-refractivity contribution < 1.29 is 9.34 Å². The van der Waals surface area contributed by atoms with Gasteiger partial charge in [0, 0.05) is 19.2 Å². The van der Waals surface area contributed by atoms with Gasteiger partial charge in [0.2, 0.25) is 0 Å². The van der Waals surface area contributed by atoms with Gasteiger partial charge in [-0.15, -0.1) is 0 Å². The second kappa shape index (κ2) is 4.74. The fourth-order valence-electron chi connectivity index (χ4n) is 1.56. The van der Waals surface area contributed by atoms with Gasteiger partial charge in [-0.2, -0.15) is 0 Å². The molecule has 0 aromatic carbocycles. The van der Waals surface area contributed by atoms with Crippen LogP contribution in [0, 0.1) is 10.1 Å². The molecule has 0 bridgehead atoms. The monoisotopic (exact) mass is 248 g/mol. The van der Waals surface area contributed by atoms with E-state index in [1.54, 1.807) is 24.5 Å². The first-order chi connectivity index (χ1) is 8.56. The standard InChI is InChI=1S/C11H12N4O3/c1-14(6-8-2-3-18-7-8)11-5-9(15(16)17)4-10(12)13-11/h2-5,7H,6H2,1H3,(H2,12,13). The van der Waals surface area contributed by atoms with E-state index in [9.17, 15) is 10.1 Å². The summed E-state index contributed by atoms with van der Waals surface area (Å²) in [5.74, 6) is 0.571. The van der Waals surface area contributed by atoms with Gasteiger partial charge in [0.1, 0.15) is 11.6 Å². The third-order valence-electron chi connectivity index (χ3n) is 2.42. The molecule has 7 nitrogen and oxygen atoms in total. The first-order valence-electron chi connectivity index (χ1n) is 5.20. The number of nitrogens with zero attached hydrogens (tertiary/aromatic N) is 3. The zero-order chi connectivity index (χ0) is 13.1. The van der Waals surface area contributed by atoms with E-state index in [1.807, 2.05) is 6.07 Å². The van der Waals surface area contributed by atoms with Gasteiger partial charge in [-0.1, -0.05) is 0 Å². The molecule has 94 valence electrons. The Bertz CT molecular complexity index is 553. The zero-order valence-corrected chi connectivity index (χ0v) is 9.74. The highest BCUT2D eigenvalue weighted by atomic mass is 16.6. The third kappa shape index (κ3) is 2.57. The number of pyridine rings is 1. The van der Waals surface area contributed by atoms with Crippen molar-refractivity contribution in [3.05, 3.63) is 46.4 Å². The fourth-order valence-corrected chi connectivity index (χ4v) is 1.56. The molecule has 0 saturated carbocycles. The smallest absolute Gasteiger partial charge is 0.276 e. The molecule has 0 aliphatic rings. The van der Waals surface area contributed by atoms with Crippen LogP contribution in [-0.4, -0.2) is 17.0 Å². The summed E-state index contributed by atoms with van der Waals surface area (Å²) < 4.78 is 4.96. The van der Waals surface area contributed by atoms with Crippen molar-refractivity contribution in [2.45, 2.75) is 6.54 Å². The topological polar surface area (TPSA) is 98.4 Å². The summed E-state index contributed by atoms with van der Waals surface area (Å²) in [6, 6.07) is 4.43. The average molecular weight is 248 g/mol. The molecular formula is C11H12N4O3. The van der Waals surface area contributed by atoms with E-state index in [1.165, 1.54) is 12.1 Å². The van der Waals surface area contributed by atoms with Crippen LogP contribution >= 0.6 is 0 Å². The highest BCUT2D eigenvalue weighted by molar-refractivity contribution is 5.53. The van der Waals surface area contributed by atoms with Crippen LogP contribution in [-0.2, 0) is 6.54 Å². The lowest BCUT2D eigenvalue weighted by Gasteiger charge is -2.17. The molecule has 0 fully saturated rings. The summed E-state index contributed by atoms with van der Waals surface area (Å²) >= 11 is 0. The minimum atomic E-state index is -0.493. The Morgan fingerprint density at radius 3 is 2.94 bits per heavy atom. The summed E-state index contributed by atoms with van der Waals surface area (Å²) in [6.07, 6.45) is 3.18. The van der Waals surface area contributed by atoms with Crippen LogP contribution in [0.15, 0.2) is 35.1 Å². The predicted molar refractivity (Wildman–Crippen MR) is 66.1 cm³/mol. The molecule has 18 heavy (non-hydrogen) atoms. The van der Waals surface area contributed by atoms with Gasteiger partial charge >= 0.3 is 0 Å². The van der Waals surface area contributed by atoms with Crippen LogP contribution in [0.25, 0.3) is 0 Å². The van der Waals surface area contributed by atoms with E-state index in [4.69, 9.17) is 10.2 Å². The summed E-state index contributed by atoms with van der Waals surface area (Å²) in [5.41, 5.74) is 6.42. The molecule has 0 atom stereocenters. The van der Waals surface area contributed by atoms with Crippen molar-refractivity contribution >= 4 is 17.3 Å². The SMILES string of the molecule is CN(Cc1ccoc1)c1cc([N+](=O)[O-])cc(N)n1. The Balaban J connectivity index is 2.24. The molecule has 0 spiro atoms. The number of nitro groups is 1. The second-order valence-electron chi connectivity index (χ2n) is 3.85. The number of nitrogens with two attached hydrogens (primary N) is 1. The van der Waals surface area contributed by atoms with Gasteiger partial charge in [0.25, 0.3) is 5.69 Å². The minimum Gasteiger partial charge on any atom is -0.472 e. The van der Waals surface area contributed by atoms with Gasteiger partial charge in [-0.05, 0) is 6.07 Å². The number of furan rings is 1. The number of rotatable bonds is 4. The van der Waals surface area contributed by atoms with Gasteiger partial charge in [-0.3, -0.25) is 10.1 Å². The third-order valence-corrected chi connectivity index (χ3v) is 2.42. The minimum absolute atomic E-state index is 0.0726. The summed E-state index contributed by atoms with van der Waals surface area (Å²) in [7, 11) is 1.78. The molecule has 7 heteroatoms. The molecule has 2 aromatic heterocycles. The lowest BCUT2D eigenvalue weighted by molar-refractivity contribution is -0.384. The van der Waals surface area contributed by atoms with Crippen LogP contribution in [0.5, 0.6) is 0 Å². The van der Waals surface area contributed by atoms with E-state index in [0.29, 0.717) is 12.4 Å². The van der Waals surface area contributed by atoms with Crippen molar-refractivity contribution in [1.29, 1.82) is 0 Å². The Morgan fingerprint density at radius 2 is 2.33 bits per heavy atom. The number of hydrogen-bond acceptors (Lipinski definition) is 6. The van der Waals surface area contributed by atoms with E-state index >= 15 is 0 Å². The largest absolute Gasteiger partial charge is 0.472 e. The van der Waals surface area contributed by atoms with Crippen LogP contribution in [0.2, 0.25) is 0 Å². The Hall–Kier alpha value is -2.57. The van der Waals surface area contributed by atoms with Gasteiger partial charge in [-0.25, -0.2) is 4.98 Å². The summed E-state index contributed by atoms with van der Waals surface area (Å²) in [5, 5.41) is 10.7. The van der Waals surface area contributed by atoms with Crippen LogP contribution in [0.4, 0.5) is 17.3 Å². The molecule has 0 radical (unpaired) electrons. The van der Waals surface area contributed by atoms with E-state index < -0.39 is 4.92 Å². The maximum Gasteiger partial charge on any atom is 0.276 e. The molecule has 0 saturated heterocycles. The maximum absolute atomic E-state index is 10.7. The Labute approximate surface area is 103 Å². The number of anilines is 2. The zero-order valence-electron chi connectivity index (χ0n) is 9.74. The fraction of sp³-hybridized carbons (Fsp3) is 0.182. The van der Waals surface area contributed by atoms with E-state index in [-0.39, 0.29) is 11.5 Å². The van der Waals surface area contributed by atoms with Gasteiger partial charge < -0.3 is 15.1 Å². The number of aromatic nitrogens is 1. The number of nitrogen functional groups attached to an aromatic ring is 1. The molecule has 0 aliphatic heterocycles. The normalized spacial score (nSPS) is 10.3. The lowest BCUT2D eigenvalue weighted by atomic mass is 10.3. The molecule has 2 N–H and O–H groups in total. The highest BCUT2D eigenvalue weighted by Gasteiger charge is 2.13. The van der Waals surface area contributed by atoms with Crippen LogP contribution in [0.1, 0.15) is 5.56 Å². The van der Waals surface area contributed by atoms with Crippen molar-refractivity contribution in [1.82, 2.24) is 4.98 Å². The van der Waals surface area contributed by atoms with Crippen molar-refractivity contribution in [3.63, 3.8) is 0 Å². The Morgan fingerprint density at radius 1 is 1.56 bits per heavy atom. The molecule has 2 rings (SSSR count). The second-order valence-corrected chi connectivity index (χ2v) is 3.85. The van der Waals surface area contributed by atoms with Gasteiger partial charge in [0.05, 0.1) is 29.6 Å². The molecular weight excluding hydrogens is 236 g/mol. The van der Waals surface area contributed by atoms with Crippen LogP contribution in [0.3, 0.4) is 0 Å². The maximum atomic E-state index is 10.7. The first-order valence-corrected chi connectivity index (χ1v) is 5.20. The predicted octanol–water partition coefficient (Wildman–Crippen LogP) is 1.80. The number of hydrogen-bond donors (Lipinski definition) is 1. The van der Waals surface area contributed by atoms with E-state index in [0.717, 1.165) is 5.56 Å². The first kappa shape index (κ1) is 11.9. The van der Waals surface area contributed by atoms with Crippen LogP contribution < -0.4 is 10.6 Å². The lowest BCUT2D eigenvalue weighted by Crippen LogP contribution is -2.18. The van der Waals surface area contributed by atoms with Crippen molar-refractivity contribution in [2.75, 3.05) is 17.7 Å². The molecule has 0 amide bonds. The molecule has 0 aliphatic carbocycles. The highest BCUT2D eigenvalue weighted by Crippen LogP contribution is 2.22. The quantitative estimate of drug-likeness (QED) is 0.654. The molecule has 2 aromatic rings. The summed E-state index contributed by atoms with van der Waals surface area (Å²) in [4.78, 5) is 16.1. The Kier molecular flexibility index (Phi) is 3.13. The van der Waals surface area contributed by atoms with Gasteiger partial charge in [0.15, 0.2) is 0 Å². The summed E-state index contributed by atoms with van der Waals surface area (Å²) in [6.45, 7) is 0.532. The molecule has 0 unspecified atom stereocenters. The average Bonchev–Trinajstić information content (AvgIpc) is 2.80. The molecule has 2 heterocycles. The van der Waals surface area contributed by atoms with E-state index in [2.05, 4.69) is 4.98 Å².